The number of para-hydroxylation sites is 4. The van der Waals surface area contributed by atoms with Crippen LogP contribution in [-0.2, 0) is 0 Å². The van der Waals surface area contributed by atoms with Crippen LogP contribution in [0.3, 0.4) is 0 Å². The molecule has 9 rings (SSSR count). The van der Waals surface area contributed by atoms with Crippen molar-refractivity contribution in [2.24, 2.45) is 18.1 Å². The van der Waals surface area contributed by atoms with Gasteiger partial charge in [0, 0.05) is 22.3 Å². The zero-order valence-corrected chi connectivity index (χ0v) is 47.2. The number of benzene rings is 8. The van der Waals surface area contributed by atoms with Crippen molar-refractivity contribution in [2.45, 2.75) is 0 Å². The van der Waals surface area contributed by atoms with Crippen LogP contribution in [-0.4, -0.2) is 0 Å². The lowest BCUT2D eigenvalue weighted by molar-refractivity contribution is 0.443. The summed E-state index contributed by atoms with van der Waals surface area (Å²) in [5, 5.41) is 0. The van der Waals surface area contributed by atoms with Gasteiger partial charge in [-0.2, -0.15) is 0 Å². The molecule has 8 aromatic carbocycles. The highest BCUT2D eigenvalue weighted by molar-refractivity contribution is 7.79. The molecule has 400 valence electrons. The van der Waals surface area contributed by atoms with E-state index in [0.29, 0.717) is 22.3 Å². The van der Waals surface area contributed by atoms with Crippen molar-refractivity contribution in [2.75, 3.05) is 0 Å². The summed E-state index contributed by atoms with van der Waals surface area (Å²) in [4.78, 5) is 0. The van der Waals surface area contributed by atoms with Gasteiger partial charge in [0.1, 0.15) is 46.0 Å². The summed E-state index contributed by atoms with van der Waals surface area (Å²) in [7, 11) is -18.8. The Bertz CT molecular complexity index is 3360. The molecule has 0 spiro atoms. The maximum Gasteiger partial charge on any atom is 0.460 e. The summed E-state index contributed by atoms with van der Waals surface area (Å²) in [6.07, 6.45) is 13.4. The number of hydrogen-bond acceptors (Lipinski definition) is 12. The molecule has 0 bridgehead atoms. The van der Waals surface area contributed by atoms with E-state index in [0.717, 1.165) is 22.3 Å². The Morgan fingerprint density at radius 1 is 0.225 bits per heavy atom. The van der Waals surface area contributed by atoms with Crippen LogP contribution in [0.4, 0.5) is 0 Å². The highest BCUT2D eigenvalue weighted by Gasteiger charge is 2.50. The van der Waals surface area contributed by atoms with Gasteiger partial charge in [-0.1, -0.05) is 241 Å². The van der Waals surface area contributed by atoms with E-state index in [2.05, 4.69) is 52.6 Å². The summed E-state index contributed by atoms with van der Waals surface area (Å²) >= 11 is 0. The molecule has 1 aliphatic rings. The lowest BCUT2D eigenvalue weighted by atomic mass is 10.2. The second-order valence-electron chi connectivity index (χ2n) is 17.1. The van der Waals surface area contributed by atoms with Crippen molar-refractivity contribution < 1.29 is 36.2 Å². The molecule has 1 heterocycles. The molecule has 0 amide bonds. The lowest BCUT2D eigenvalue weighted by Crippen LogP contribution is -2.12. The molecule has 16 heteroatoms. The van der Waals surface area contributed by atoms with Crippen molar-refractivity contribution in [1.82, 2.24) is 0 Å². The Kier molecular flexibility index (Phi) is 17.6. The van der Waals surface area contributed by atoms with Gasteiger partial charge < -0.3 is 36.2 Å². The highest BCUT2D eigenvalue weighted by Crippen LogP contribution is 2.79. The first-order chi connectivity index (χ1) is 39.0. The van der Waals surface area contributed by atoms with Crippen LogP contribution < -0.4 is 36.2 Å². The van der Waals surface area contributed by atoms with E-state index in [4.69, 9.17) is 54.3 Å². The average Bonchev–Trinajstić information content (AvgIpc) is 3.49. The van der Waals surface area contributed by atoms with Crippen molar-refractivity contribution in [3.05, 3.63) is 291 Å². The monoisotopic (exact) mass is 1130 g/mol. The molecule has 0 aliphatic carbocycles. The molecular formula is C64H56N4O8P4. The quantitative estimate of drug-likeness (QED) is 0.0548. The van der Waals surface area contributed by atoms with Crippen LogP contribution in [0.5, 0.6) is 46.0 Å². The number of rotatable bonds is 24. The highest BCUT2D eigenvalue weighted by atomic mass is 31.3. The van der Waals surface area contributed by atoms with E-state index in [1.54, 1.807) is 146 Å². The third kappa shape index (κ3) is 13.3. The van der Waals surface area contributed by atoms with Crippen LogP contribution in [0.2, 0.25) is 0 Å². The third-order valence-corrected chi connectivity index (χ3v) is 22.5. The number of nitrogens with zero attached hydrogens (tertiary/aromatic N) is 4. The molecule has 0 fully saturated rings. The standard InChI is InChI=1S/C64H56N4O8P4/c1-9-49-33-41-57(42-34-49)69-77(73-61-29-21-17-25-53(61)13-5)65-78(70-58-43-35-50(10-2)36-44-58,74-62-30-22-18-26-54(62)14-6)67-80(72-60-47-39-52(12-4)40-48-60,76-64-32-24-20-28-56(64)16-8)68-79(66-77,71-59-45-37-51(11-3)38-46-59)75-63-31-23-19-27-55(63)15-7/h9-48H,1-8H2. The first-order valence-electron chi connectivity index (χ1n) is 24.9. The first-order valence-corrected chi connectivity index (χ1v) is 31.0. The van der Waals surface area contributed by atoms with Crippen molar-refractivity contribution in [3.8, 4) is 46.0 Å². The molecule has 0 atom stereocenters. The second kappa shape index (κ2) is 25.2. The largest absolute Gasteiger partial charge is 0.460 e. The molecule has 0 unspecified atom stereocenters. The molecule has 0 aromatic heterocycles. The van der Waals surface area contributed by atoms with Crippen LogP contribution in [0, 0.1) is 0 Å². The predicted octanol–water partition coefficient (Wildman–Crippen LogP) is 21.6. The zero-order valence-electron chi connectivity index (χ0n) is 43.6. The fraction of sp³-hybridized carbons (Fsp3) is 0. The van der Waals surface area contributed by atoms with E-state index >= 15 is 0 Å². The Labute approximate surface area is 468 Å². The van der Waals surface area contributed by atoms with Gasteiger partial charge in [-0.15, -0.1) is 0 Å². The maximum atomic E-state index is 7.40. The lowest BCUT2D eigenvalue weighted by Gasteiger charge is -2.33. The third-order valence-electron chi connectivity index (χ3n) is 11.7. The molecule has 0 saturated carbocycles. The van der Waals surface area contributed by atoms with E-state index in [-0.39, 0.29) is 46.0 Å². The van der Waals surface area contributed by atoms with Crippen molar-refractivity contribution in [1.29, 1.82) is 0 Å². The van der Waals surface area contributed by atoms with E-state index in [1.165, 1.54) is 0 Å². The minimum atomic E-state index is -4.70. The Balaban J connectivity index is 1.56. The van der Waals surface area contributed by atoms with Crippen molar-refractivity contribution in [3.63, 3.8) is 0 Å². The maximum absolute atomic E-state index is 7.40. The van der Waals surface area contributed by atoms with Crippen LogP contribution in [0.15, 0.2) is 265 Å². The predicted molar refractivity (Wildman–Crippen MR) is 335 cm³/mol. The SMILES string of the molecule is C=Cc1ccc(OP2(Oc3ccccc3C=C)=NP(Oc3ccc(C=C)cc3)(Oc3ccccc3C=C)=NP(Oc3ccc(C=C)cc3)(Oc3ccccc3C=C)=NP(Oc3ccc(C=C)cc3)(Oc3ccccc3C=C)=N2)cc1. The molecule has 12 nitrogen and oxygen atoms in total. The van der Waals surface area contributed by atoms with Crippen molar-refractivity contribution >= 4 is 79.2 Å². The molecule has 80 heavy (non-hydrogen) atoms. The van der Waals surface area contributed by atoms with Crippen LogP contribution in [0.25, 0.3) is 48.6 Å². The summed E-state index contributed by atoms with van der Waals surface area (Å²) in [5.41, 5.74) is 5.45. The summed E-state index contributed by atoms with van der Waals surface area (Å²) in [6, 6.07) is 57.5. The van der Waals surface area contributed by atoms with Gasteiger partial charge in [0.2, 0.25) is 0 Å². The minimum absolute atomic E-state index is 0.252. The Hall–Kier alpha value is -9.00. The summed E-state index contributed by atoms with van der Waals surface area (Å²) in [6.45, 7) is 32.5. The molecule has 1 aliphatic heterocycles. The normalized spacial score (nSPS) is 19.0. The van der Waals surface area contributed by atoms with Crippen LogP contribution in [0.1, 0.15) is 44.5 Å². The molecular weight excluding hydrogens is 1080 g/mol. The zero-order chi connectivity index (χ0) is 56.0. The van der Waals surface area contributed by atoms with Gasteiger partial charge in [-0.3, -0.25) is 0 Å². The Morgan fingerprint density at radius 3 is 0.588 bits per heavy atom. The fourth-order valence-corrected chi connectivity index (χ4v) is 19.9. The van der Waals surface area contributed by atoms with E-state index < -0.39 is 30.6 Å². The smallest absolute Gasteiger partial charge is 0.413 e. The number of hydrogen-bond donors (Lipinski definition) is 0. The fourth-order valence-electron chi connectivity index (χ4n) is 7.66. The molecule has 0 N–H and O–H groups in total. The van der Waals surface area contributed by atoms with Crippen LogP contribution >= 0.6 is 30.6 Å². The topological polar surface area (TPSA) is 123 Å². The Morgan fingerprint density at radius 2 is 0.412 bits per heavy atom. The van der Waals surface area contributed by atoms with Gasteiger partial charge >= 0.3 is 30.6 Å². The van der Waals surface area contributed by atoms with Gasteiger partial charge in [-0.05, 0) is 95.1 Å². The van der Waals surface area contributed by atoms with E-state index in [9.17, 15) is 0 Å². The minimum Gasteiger partial charge on any atom is -0.413 e. The second-order valence-corrected chi connectivity index (χ2v) is 25.4. The van der Waals surface area contributed by atoms with Gasteiger partial charge in [0.25, 0.3) is 0 Å². The molecule has 0 saturated heterocycles. The molecule has 8 aromatic rings. The van der Waals surface area contributed by atoms with E-state index in [1.807, 2.05) is 97.1 Å². The average molecular weight is 1130 g/mol. The summed E-state index contributed by atoms with van der Waals surface area (Å²) < 4.78 is 81.8. The molecule has 0 radical (unpaired) electrons. The first kappa shape index (κ1) is 55.7. The summed E-state index contributed by atoms with van der Waals surface area (Å²) in [5.74, 6) is 2.02. The van der Waals surface area contributed by atoms with Gasteiger partial charge in [-0.25, -0.2) is 0 Å². The van der Waals surface area contributed by atoms with Gasteiger partial charge in [0.15, 0.2) is 0 Å². The van der Waals surface area contributed by atoms with Gasteiger partial charge in [0.05, 0.1) is 0 Å².